The molecule has 0 amide bonds. The minimum absolute atomic E-state index is 1.02. The van der Waals surface area contributed by atoms with Gasteiger partial charge >= 0.3 is 0 Å². The summed E-state index contributed by atoms with van der Waals surface area (Å²) in [6, 6.07) is 0. The monoisotopic (exact) mass is 520 g/mol. The number of hydrogen-bond acceptors (Lipinski definition) is 6. The van der Waals surface area contributed by atoms with Gasteiger partial charge in [0.15, 0.2) is 0 Å². The molecule has 180 valence electrons. The van der Waals surface area contributed by atoms with Crippen LogP contribution in [0.2, 0.25) is 0 Å². The molecular weight excluding hydrogens is 469 g/mol. The van der Waals surface area contributed by atoms with Crippen LogP contribution >= 0.6 is 72.3 Å². The molecule has 29 heavy (non-hydrogen) atoms. The highest BCUT2D eigenvalue weighted by Gasteiger charge is 1.90. The van der Waals surface area contributed by atoms with Gasteiger partial charge in [-0.05, 0) is 96.1 Å². The summed E-state index contributed by atoms with van der Waals surface area (Å²) in [6.07, 6.45) is 12.3. The topological polar surface area (TPSA) is 0 Å². The van der Waals surface area contributed by atoms with E-state index >= 15 is 0 Å². The van der Waals surface area contributed by atoms with Gasteiger partial charge in [-0.1, -0.05) is 47.0 Å². The minimum atomic E-state index is 1.02. The molecule has 0 aliphatic heterocycles. The second-order valence-corrected chi connectivity index (χ2v) is 12.9. The molecule has 0 saturated heterocycles. The Labute approximate surface area is 214 Å². The molecule has 0 rings (SSSR count). The van der Waals surface area contributed by atoms with Crippen molar-refractivity contribution >= 4 is 72.3 Å². The summed E-state index contributed by atoms with van der Waals surface area (Å²) < 4.78 is 0. The van der Waals surface area contributed by atoms with Crippen molar-refractivity contribution in [2.75, 3.05) is 57.5 Å². The summed E-state index contributed by atoms with van der Waals surface area (Å²) >= 11 is 16.4. The van der Waals surface area contributed by atoms with Gasteiger partial charge in [0, 0.05) is 0 Å². The fourth-order valence-electron chi connectivity index (χ4n) is 2.15. The van der Waals surface area contributed by atoms with Crippen molar-refractivity contribution in [3.8, 4) is 0 Å². The normalized spacial score (nSPS) is 10.1. The Bertz CT molecular complexity index is 191. The molecule has 0 atom stereocenters. The number of unbranched alkanes of at least 4 members (excludes halogenated alkanes) is 6. The lowest BCUT2D eigenvalue weighted by atomic mass is 10.3. The Kier molecular flexibility index (Phi) is 49.8. The van der Waals surface area contributed by atoms with Gasteiger partial charge < -0.3 is 0 Å². The van der Waals surface area contributed by atoms with Gasteiger partial charge in [-0.2, -0.15) is 72.3 Å². The molecule has 0 aromatic rings. The summed E-state index contributed by atoms with van der Waals surface area (Å²) in [5.41, 5.74) is 0. The average molecular weight is 521 g/mol. The van der Waals surface area contributed by atoms with E-state index in [0.29, 0.717) is 0 Å². The molecule has 0 aliphatic carbocycles. The Balaban J connectivity index is -0.000000360. The van der Waals surface area contributed by atoms with Crippen LogP contribution in [0.25, 0.3) is 0 Å². The number of rotatable bonds is 20. The van der Waals surface area contributed by atoms with Crippen LogP contribution in [0.5, 0.6) is 0 Å². The molecule has 0 unspecified atom stereocenters. The quantitative estimate of drug-likeness (QED) is 0.121. The highest BCUT2D eigenvalue weighted by atomic mass is 32.2. The highest BCUT2D eigenvalue weighted by molar-refractivity contribution is 7.99. The molecule has 6 heteroatoms. The van der Waals surface area contributed by atoms with Crippen molar-refractivity contribution in [3.63, 3.8) is 0 Å². The van der Waals surface area contributed by atoms with Crippen LogP contribution in [0.15, 0.2) is 0 Å². The van der Waals surface area contributed by atoms with Gasteiger partial charge in [0.25, 0.3) is 0 Å². The van der Waals surface area contributed by atoms with E-state index in [1.165, 1.54) is 104 Å². The molecule has 0 N–H and O–H groups in total. The lowest BCUT2D eigenvalue weighted by Gasteiger charge is -1.99. The molecule has 0 aromatic heterocycles. The molecule has 0 fully saturated rings. The van der Waals surface area contributed by atoms with E-state index in [1.807, 2.05) is 0 Å². The number of thiol groups is 2. The van der Waals surface area contributed by atoms with E-state index in [-0.39, 0.29) is 0 Å². The SMILES string of the molecule is CCSCCCCCSCC.CCSCCCCCSCC.SCCCCCS. The van der Waals surface area contributed by atoms with Crippen molar-refractivity contribution in [2.45, 2.75) is 85.5 Å². The maximum Gasteiger partial charge on any atom is -0.00676 e. The summed E-state index contributed by atoms with van der Waals surface area (Å²) in [5, 5.41) is 0. The van der Waals surface area contributed by atoms with E-state index in [0.717, 1.165) is 11.5 Å². The van der Waals surface area contributed by atoms with Crippen LogP contribution in [-0.2, 0) is 0 Å². The first-order valence-electron chi connectivity index (χ1n) is 11.8. The van der Waals surface area contributed by atoms with Gasteiger partial charge in [0.2, 0.25) is 0 Å². The molecule has 0 saturated carbocycles. The second kappa shape index (κ2) is 40.5. The maximum atomic E-state index is 4.07. The summed E-state index contributed by atoms with van der Waals surface area (Å²) in [4.78, 5) is 0. The molecule has 0 spiro atoms. The van der Waals surface area contributed by atoms with Gasteiger partial charge in [-0.25, -0.2) is 0 Å². The first-order valence-corrected chi connectivity index (χ1v) is 17.7. The van der Waals surface area contributed by atoms with Crippen LogP contribution in [-0.4, -0.2) is 57.5 Å². The molecule has 0 radical (unpaired) electrons. The van der Waals surface area contributed by atoms with Crippen LogP contribution < -0.4 is 0 Å². The Hall–Kier alpha value is 2.10. The van der Waals surface area contributed by atoms with Crippen molar-refractivity contribution in [1.82, 2.24) is 0 Å². The van der Waals surface area contributed by atoms with Gasteiger partial charge in [-0.3, -0.25) is 0 Å². The third-order valence-electron chi connectivity index (χ3n) is 3.79. The fourth-order valence-corrected chi connectivity index (χ4v) is 5.38. The number of thioether (sulfide) groups is 4. The molecular formula is C23H52S6. The van der Waals surface area contributed by atoms with E-state index in [4.69, 9.17) is 0 Å². The van der Waals surface area contributed by atoms with Crippen molar-refractivity contribution in [1.29, 1.82) is 0 Å². The summed E-state index contributed by atoms with van der Waals surface area (Å²) in [7, 11) is 0. The highest BCUT2D eigenvalue weighted by Crippen LogP contribution is 2.09. The second-order valence-electron chi connectivity index (χ2n) is 6.42. The van der Waals surface area contributed by atoms with Crippen LogP contribution in [0.1, 0.15) is 85.5 Å². The predicted octanol–water partition coefficient (Wildman–Crippen LogP) is 9.34. The third-order valence-corrected chi connectivity index (χ3v) is 8.36. The average Bonchev–Trinajstić information content (AvgIpc) is 2.74. The first kappa shape index (κ1) is 35.7. The van der Waals surface area contributed by atoms with Gasteiger partial charge in [-0.15, -0.1) is 0 Å². The van der Waals surface area contributed by atoms with E-state index in [2.05, 4.69) is 100 Å². The molecule has 0 aromatic carbocycles. The zero-order valence-corrected chi connectivity index (χ0v) is 25.0. The lowest BCUT2D eigenvalue weighted by molar-refractivity contribution is 0.785. The zero-order valence-electron chi connectivity index (χ0n) is 20.0. The lowest BCUT2D eigenvalue weighted by Crippen LogP contribution is -1.84. The Morgan fingerprint density at radius 3 is 0.828 bits per heavy atom. The van der Waals surface area contributed by atoms with Gasteiger partial charge in [0.05, 0.1) is 0 Å². The molecule has 0 heterocycles. The first-order chi connectivity index (χ1) is 14.2. The van der Waals surface area contributed by atoms with Crippen LogP contribution in [0, 0.1) is 0 Å². The largest absolute Gasteiger partial charge is 0.179 e. The smallest absolute Gasteiger partial charge is 0.00676 e. The van der Waals surface area contributed by atoms with Crippen molar-refractivity contribution in [2.24, 2.45) is 0 Å². The van der Waals surface area contributed by atoms with Crippen LogP contribution in [0.3, 0.4) is 0 Å². The molecule has 0 bridgehead atoms. The van der Waals surface area contributed by atoms with Crippen molar-refractivity contribution in [3.05, 3.63) is 0 Å². The van der Waals surface area contributed by atoms with E-state index in [1.54, 1.807) is 0 Å². The molecule has 0 aliphatic rings. The van der Waals surface area contributed by atoms with Gasteiger partial charge in [0.1, 0.15) is 0 Å². The Morgan fingerprint density at radius 1 is 0.379 bits per heavy atom. The third kappa shape index (κ3) is 48.7. The maximum absolute atomic E-state index is 4.07. The summed E-state index contributed by atoms with van der Waals surface area (Å²) in [5.74, 6) is 12.6. The van der Waals surface area contributed by atoms with E-state index in [9.17, 15) is 0 Å². The van der Waals surface area contributed by atoms with Crippen LogP contribution in [0.4, 0.5) is 0 Å². The van der Waals surface area contributed by atoms with Crippen molar-refractivity contribution < 1.29 is 0 Å². The predicted molar refractivity (Wildman–Crippen MR) is 161 cm³/mol. The number of hydrogen-bond donors (Lipinski definition) is 2. The molecule has 0 nitrogen and oxygen atoms in total. The Morgan fingerprint density at radius 2 is 0.621 bits per heavy atom. The minimum Gasteiger partial charge on any atom is -0.179 e. The zero-order chi connectivity index (χ0) is 22.3. The standard InChI is InChI=1S/2C9H20S2.C5H12S2/c2*1-3-10-8-6-5-7-9-11-4-2;6-4-2-1-3-5-7/h2*3-9H2,1-2H3;6-7H,1-5H2. The fraction of sp³-hybridized carbons (Fsp3) is 1.00. The van der Waals surface area contributed by atoms with E-state index < -0.39 is 0 Å². The summed E-state index contributed by atoms with van der Waals surface area (Å²) in [6.45, 7) is 8.93.